The molecule has 2 atom stereocenters. The summed E-state index contributed by atoms with van der Waals surface area (Å²) in [4.78, 5) is 20.4. The number of anilines is 2. The Bertz CT molecular complexity index is 663. The predicted molar refractivity (Wildman–Crippen MR) is 87.4 cm³/mol. The number of nitrogens with one attached hydrogen (secondary N) is 2. The van der Waals surface area contributed by atoms with Gasteiger partial charge in [-0.25, -0.2) is 4.98 Å². The van der Waals surface area contributed by atoms with Crippen LogP contribution in [0.3, 0.4) is 0 Å². The smallest absolute Gasteiger partial charge is 0.251 e. The van der Waals surface area contributed by atoms with Crippen molar-refractivity contribution in [3.8, 4) is 0 Å². The number of carbonyl (C=O) groups excluding carboxylic acids is 1. The lowest BCUT2D eigenvalue weighted by molar-refractivity contribution is 0.0917. The number of aliphatic hydroxyl groups is 1. The molecule has 120 valence electrons. The molecule has 3 N–H and O–H groups in total. The van der Waals surface area contributed by atoms with Gasteiger partial charge in [0.1, 0.15) is 5.82 Å². The maximum absolute atomic E-state index is 12.3. The summed E-state index contributed by atoms with van der Waals surface area (Å²) in [7, 11) is 0. The second-order valence-corrected chi connectivity index (χ2v) is 5.76. The molecule has 1 heterocycles. The molecule has 0 radical (unpaired) electrons. The second kappa shape index (κ2) is 7.19. The molecule has 1 aromatic carbocycles. The molecule has 0 bridgehead atoms. The molecular weight excluding hydrogens is 292 g/mol. The fourth-order valence-corrected chi connectivity index (χ4v) is 2.83. The minimum Gasteiger partial charge on any atom is -0.393 e. The van der Waals surface area contributed by atoms with Gasteiger partial charge in [0.2, 0.25) is 0 Å². The highest BCUT2D eigenvalue weighted by Gasteiger charge is 2.25. The quantitative estimate of drug-likeness (QED) is 0.787. The molecule has 1 fully saturated rings. The number of rotatable bonds is 5. The largest absolute Gasteiger partial charge is 0.393 e. The molecule has 1 amide bonds. The van der Waals surface area contributed by atoms with Gasteiger partial charge in [0.15, 0.2) is 0 Å². The van der Waals surface area contributed by atoms with Gasteiger partial charge >= 0.3 is 0 Å². The third kappa shape index (κ3) is 4.04. The summed E-state index contributed by atoms with van der Waals surface area (Å²) in [5.41, 5.74) is 1.35. The van der Waals surface area contributed by atoms with Crippen molar-refractivity contribution < 1.29 is 9.90 Å². The van der Waals surface area contributed by atoms with E-state index >= 15 is 0 Å². The second-order valence-electron chi connectivity index (χ2n) is 5.76. The lowest BCUT2D eigenvalue weighted by Crippen LogP contribution is -2.32. The van der Waals surface area contributed by atoms with E-state index in [0.717, 1.165) is 24.9 Å². The van der Waals surface area contributed by atoms with Crippen LogP contribution < -0.4 is 10.6 Å². The first-order valence-electron chi connectivity index (χ1n) is 7.82. The van der Waals surface area contributed by atoms with E-state index in [1.54, 1.807) is 30.7 Å². The summed E-state index contributed by atoms with van der Waals surface area (Å²) in [5, 5.41) is 15.8. The summed E-state index contributed by atoms with van der Waals surface area (Å²) in [5.74, 6) is 0.658. The van der Waals surface area contributed by atoms with E-state index in [2.05, 4.69) is 20.6 Å². The highest BCUT2D eigenvalue weighted by Crippen LogP contribution is 2.24. The molecular formula is C17H20N4O2. The highest BCUT2D eigenvalue weighted by molar-refractivity contribution is 5.95. The lowest BCUT2D eigenvalue weighted by atomic mass is 10.1. The molecule has 1 aromatic heterocycles. The molecule has 0 aliphatic heterocycles. The summed E-state index contributed by atoms with van der Waals surface area (Å²) < 4.78 is 0. The van der Waals surface area contributed by atoms with Gasteiger partial charge in [0, 0.05) is 36.1 Å². The van der Waals surface area contributed by atoms with Crippen LogP contribution >= 0.6 is 0 Å². The molecule has 1 aliphatic carbocycles. The van der Waals surface area contributed by atoms with Crippen LogP contribution in [0, 0.1) is 5.92 Å². The average molecular weight is 312 g/mol. The number of nitrogens with zero attached hydrogens (tertiary/aromatic N) is 2. The van der Waals surface area contributed by atoms with Gasteiger partial charge in [-0.05, 0) is 31.0 Å². The molecule has 3 rings (SSSR count). The van der Waals surface area contributed by atoms with E-state index in [0.29, 0.717) is 17.9 Å². The monoisotopic (exact) mass is 312 g/mol. The summed E-state index contributed by atoms with van der Waals surface area (Å²) in [6.07, 6.45) is 7.36. The number of amides is 1. The molecule has 6 nitrogen and oxygen atoms in total. The van der Waals surface area contributed by atoms with Gasteiger partial charge in [-0.15, -0.1) is 0 Å². The number of hydrogen-bond acceptors (Lipinski definition) is 5. The van der Waals surface area contributed by atoms with Crippen molar-refractivity contribution in [3.63, 3.8) is 0 Å². The topological polar surface area (TPSA) is 87.1 Å². The average Bonchev–Trinajstić information content (AvgIpc) is 2.99. The van der Waals surface area contributed by atoms with Crippen LogP contribution in [0.15, 0.2) is 42.9 Å². The Balaban J connectivity index is 1.61. The van der Waals surface area contributed by atoms with Crippen molar-refractivity contribution in [2.75, 3.05) is 11.9 Å². The van der Waals surface area contributed by atoms with Crippen molar-refractivity contribution in [3.05, 3.63) is 48.4 Å². The maximum Gasteiger partial charge on any atom is 0.251 e. The van der Waals surface area contributed by atoms with Crippen LogP contribution in [0.4, 0.5) is 11.5 Å². The number of hydrogen-bond donors (Lipinski definition) is 3. The Hall–Kier alpha value is -2.47. The molecule has 1 saturated carbocycles. The molecule has 0 saturated heterocycles. The van der Waals surface area contributed by atoms with Crippen molar-refractivity contribution in [2.24, 2.45) is 5.92 Å². The van der Waals surface area contributed by atoms with Gasteiger partial charge in [0.25, 0.3) is 5.91 Å². The van der Waals surface area contributed by atoms with Crippen molar-refractivity contribution >= 4 is 17.4 Å². The number of aliphatic hydroxyl groups excluding tert-OH is 1. The fourth-order valence-electron chi connectivity index (χ4n) is 2.83. The Morgan fingerprint density at radius 1 is 1.30 bits per heavy atom. The van der Waals surface area contributed by atoms with E-state index < -0.39 is 0 Å². The van der Waals surface area contributed by atoms with Crippen LogP contribution in [0.1, 0.15) is 29.6 Å². The van der Waals surface area contributed by atoms with Gasteiger partial charge in [0.05, 0.1) is 12.3 Å². The van der Waals surface area contributed by atoms with Crippen molar-refractivity contribution in [1.82, 2.24) is 15.3 Å². The number of aromatic nitrogens is 2. The lowest BCUT2D eigenvalue weighted by Gasteiger charge is -2.15. The zero-order valence-corrected chi connectivity index (χ0v) is 12.8. The molecule has 2 aromatic rings. The third-order valence-electron chi connectivity index (χ3n) is 4.10. The van der Waals surface area contributed by atoms with Gasteiger partial charge < -0.3 is 15.7 Å². The number of benzene rings is 1. The molecule has 23 heavy (non-hydrogen) atoms. The first-order chi connectivity index (χ1) is 11.2. The van der Waals surface area contributed by atoms with E-state index in [1.165, 1.54) is 0 Å². The Morgan fingerprint density at radius 2 is 2.22 bits per heavy atom. The van der Waals surface area contributed by atoms with Crippen LogP contribution in [-0.4, -0.2) is 33.6 Å². The summed E-state index contributed by atoms with van der Waals surface area (Å²) in [6, 6.07) is 7.22. The molecule has 0 spiro atoms. The zero-order valence-electron chi connectivity index (χ0n) is 12.8. The molecule has 6 heteroatoms. The van der Waals surface area contributed by atoms with Crippen molar-refractivity contribution in [1.29, 1.82) is 0 Å². The first-order valence-corrected chi connectivity index (χ1v) is 7.82. The van der Waals surface area contributed by atoms with Gasteiger partial charge in [-0.1, -0.05) is 12.5 Å². The number of carbonyl (C=O) groups is 1. The van der Waals surface area contributed by atoms with E-state index in [4.69, 9.17) is 0 Å². The van der Waals surface area contributed by atoms with Gasteiger partial charge in [-0.3, -0.25) is 9.78 Å². The predicted octanol–water partition coefficient (Wildman–Crippen LogP) is 2.11. The van der Waals surface area contributed by atoms with Crippen molar-refractivity contribution in [2.45, 2.75) is 25.4 Å². The van der Waals surface area contributed by atoms with E-state index in [9.17, 15) is 9.90 Å². The molecule has 2 unspecified atom stereocenters. The van der Waals surface area contributed by atoms with Gasteiger partial charge in [-0.2, -0.15) is 0 Å². The first kappa shape index (κ1) is 15.4. The third-order valence-corrected chi connectivity index (χ3v) is 4.10. The molecule has 1 aliphatic rings. The van der Waals surface area contributed by atoms with E-state index in [1.807, 2.05) is 12.1 Å². The van der Waals surface area contributed by atoms with Crippen LogP contribution in [0.25, 0.3) is 0 Å². The highest BCUT2D eigenvalue weighted by atomic mass is 16.3. The van der Waals surface area contributed by atoms with Crippen LogP contribution in [-0.2, 0) is 0 Å². The minimum atomic E-state index is -0.292. The SMILES string of the molecule is O=C(NCC1CCCC1O)c1cccc(Nc2cnccn2)c1. The van der Waals surface area contributed by atoms with E-state index in [-0.39, 0.29) is 17.9 Å². The van der Waals surface area contributed by atoms with Crippen LogP contribution in [0.5, 0.6) is 0 Å². The fraction of sp³-hybridized carbons (Fsp3) is 0.353. The zero-order chi connectivity index (χ0) is 16.1. The normalized spacial score (nSPS) is 20.2. The summed E-state index contributed by atoms with van der Waals surface area (Å²) >= 11 is 0. The Labute approximate surface area is 135 Å². The van der Waals surface area contributed by atoms with Crippen LogP contribution in [0.2, 0.25) is 0 Å². The minimum absolute atomic E-state index is 0.133. The Kier molecular flexibility index (Phi) is 4.83. The standard InChI is InChI=1S/C17H20N4O2/c22-15-6-2-4-13(15)10-20-17(23)12-3-1-5-14(9-12)21-16-11-18-7-8-19-16/h1,3,5,7-9,11,13,15,22H,2,4,6,10H2,(H,19,21)(H,20,23). The summed E-state index contributed by atoms with van der Waals surface area (Å²) in [6.45, 7) is 0.516. The Morgan fingerprint density at radius 3 is 2.96 bits per heavy atom. The maximum atomic E-state index is 12.3.